The van der Waals surface area contributed by atoms with Crippen LogP contribution >= 0.6 is 0 Å². The van der Waals surface area contributed by atoms with Gasteiger partial charge in [0, 0.05) is 4.91 Å². The molecule has 0 spiro atoms. The molecule has 0 bridgehead atoms. The first-order valence-corrected chi connectivity index (χ1v) is 3.97. The molecule has 0 fully saturated rings. The Labute approximate surface area is 80.7 Å². The maximum Gasteiger partial charge on any atom is 0.242 e. The van der Waals surface area contributed by atoms with Gasteiger partial charge < -0.3 is 4.42 Å². The number of hydrogen-bond donors (Lipinski definition) is 0. The van der Waals surface area contributed by atoms with Gasteiger partial charge >= 0.3 is 0 Å². The highest BCUT2D eigenvalue weighted by Gasteiger charge is 1.99. The monoisotopic (exact) mass is 191 g/mol. The highest BCUT2D eigenvalue weighted by molar-refractivity contribution is 5.91. The summed E-state index contributed by atoms with van der Waals surface area (Å²) in [6.07, 6.45) is 2.63. The van der Waals surface area contributed by atoms with E-state index in [0.717, 1.165) is 17.4 Å². The van der Waals surface area contributed by atoms with Crippen molar-refractivity contribution in [2.24, 2.45) is 5.11 Å². The number of amides is 1. The van der Waals surface area contributed by atoms with E-state index in [1.807, 2.05) is 13.8 Å². The van der Waals surface area contributed by atoms with Crippen LogP contribution in [0.3, 0.4) is 0 Å². The zero-order chi connectivity index (χ0) is 10.6. The van der Waals surface area contributed by atoms with Crippen molar-refractivity contribution in [3.8, 4) is 0 Å². The second-order valence-electron chi connectivity index (χ2n) is 2.75. The third-order valence-corrected chi connectivity index (χ3v) is 1.72. The minimum absolute atomic E-state index is 0.571. The first-order chi connectivity index (χ1) is 6.63. The molecule has 5 heteroatoms. The molecule has 0 aliphatic rings. The topological polar surface area (TPSA) is 79.0 Å². The van der Waals surface area contributed by atoms with E-state index in [1.54, 1.807) is 6.07 Å². The number of rotatable bonds is 2. The molecule has 0 atom stereocenters. The fourth-order valence-corrected chi connectivity index (χ4v) is 0.915. The van der Waals surface area contributed by atoms with Crippen LogP contribution in [0.15, 0.2) is 21.7 Å². The highest BCUT2D eigenvalue weighted by atomic mass is 16.3. The standard InChI is InChI=1S/C9H9N3O2/c1-6-5-8(14-7(6)2)3-4-9(13)11-12-10/h3-5H,1-2H3/b4-3+. The molecule has 0 saturated carbocycles. The Morgan fingerprint density at radius 3 is 2.86 bits per heavy atom. The summed E-state index contributed by atoms with van der Waals surface area (Å²) in [4.78, 5) is 13.1. The van der Waals surface area contributed by atoms with Gasteiger partial charge in [-0.15, -0.1) is 0 Å². The Morgan fingerprint density at radius 1 is 1.64 bits per heavy atom. The van der Waals surface area contributed by atoms with Gasteiger partial charge in [0.15, 0.2) is 0 Å². The predicted molar refractivity (Wildman–Crippen MR) is 51.4 cm³/mol. The average molecular weight is 191 g/mol. The Bertz CT molecular complexity index is 406. The maximum absolute atomic E-state index is 10.8. The van der Waals surface area contributed by atoms with E-state index in [1.165, 1.54) is 6.08 Å². The first kappa shape index (κ1) is 10.1. The summed E-state index contributed by atoms with van der Waals surface area (Å²) < 4.78 is 5.27. The Balaban J connectivity index is 2.78. The molecule has 0 aliphatic heterocycles. The third kappa shape index (κ3) is 2.50. The number of carbonyl (C=O) groups excluding carboxylic acids is 1. The smallest absolute Gasteiger partial charge is 0.242 e. The normalized spacial score (nSPS) is 10.1. The zero-order valence-electron chi connectivity index (χ0n) is 7.89. The van der Waals surface area contributed by atoms with Crippen molar-refractivity contribution in [2.45, 2.75) is 13.8 Å². The summed E-state index contributed by atoms with van der Waals surface area (Å²) in [5.74, 6) is 0.738. The Kier molecular flexibility index (Phi) is 3.09. The van der Waals surface area contributed by atoms with E-state index in [2.05, 4.69) is 10.0 Å². The molecule has 72 valence electrons. The van der Waals surface area contributed by atoms with Crippen molar-refractivity contribution in [2.75, 3.05) is 0 Å². The van der Waals surface area contributed by atoms with Crippen LogP contribution in [-0.2, 0) is 4.79 Å². The SMILES string of the molecule is Cc1cc(/C=C/C(=O)N=[N+]=[N-])oc1C. The van der Waals surface area contributed by atoms with Crippen LogP contribution in [0.25, 0.3) is 16.5 Å². The lowest BCUT2D eigenvalue weighted by molar-refractivity contribution is -0.113. The van der Waals surface area contributed by atoms with Gasteiger partial charge in [0.05, 0.1) is 0 Å². The number of azide groups is 1. The van der Waals surface area contributed by atoms with Gasteiger partial charge in [-0.1, -0.05) is 0 Å². The van der Waals surface area contributed by atoms with Gasteiger partial charge in [-0.3, -0.25) is 4.79 Å². The van der Waals surface area contributed by atoms with Gasteiger partial charge in [-0.25, -0.2) is 0 Å². The van der Waals surface area contributed by atoms with E-state index in [9.17, 15) is 4.79 Å². The van der Waals surface area contributed by atoms with Gasteiger partial charge in [0.2, 0.25) is 5.91 Å². The minimum atomic E-state index is -0.640. The number of aryl methyl sites for hydroxylation is 2. The summed E-state index contributed by atoms with van der Waals surface area (Å²) in [5.41, 5.74) is 8.98. The molecule has 1 amide bonds. The van der Waals surface area contributed by atoms with E-state index in [0.29, 0.717) is 5.76 Å². The molecule has 1 aromatic rings. The number of carbonyl (C=O) groups is 1. The fourth-order valence-electron chi connectivity index (χ4n) is 0.915. The molecule has 0 unspecified atom stereocenters. The van der Waals surface area contributed by atoms with Crippen molar-refractivity contribution in [3.05, 3.63) is 39.7 Å². The molecule has 0 saturated heterocycles. The van der Waals surface area contributed by atoms with Crippen molar-refractivity contribution in [1.82, 2.24) is 0 Å². The van der Waals surface area contributed by atoms with Crippen LogP contribution < -0.4 is 0 Å². The fraction of sp³-hybridized carbons (Fsp3) is 0.222. The van der Waals surface area contributed by atoms with Crippen molar-refractivity contribution in [1.29, 1.82) is 0 Å². The van der Waals surface area contributed by atoms with Crippen LogP contribution in [0.5, 0.6) is 0 Å². The molecule has 0 aliphatic carbocycles. The lowest BCUT2D eigenvalue weighted by Crippen LogP contribution is -1.81. The zero-order valence-corrected chi connectivity index (χ0v) is 7.89. The maximum atomic E-state index is 10.8. The summed E-state index contributed by atoms with van der Waals surface area (Å²) in [5, 5.41) is 2.88. The van der Waals surface area contributed by atoms with Crippen molar-refractivity contribution < 1.29 is 9.21 Å². The second kappa shape index (κ2) is 4.30. The largest absolute Gasteiger partial charge is 0.462 e. The number of nitrogens with zero attached hydrogens (tertiary/aromatic N) is 3. The second-order valence-corrected chi connectivity index (χ2v) is 2.75. The van der Waals surface area contributed by atoms with E-state index in [4.69, 9.17) is 9.95 Å². The van der Waals surface area contributed by atoms with Crippen LogP contribution in [0.1, 0.15) is 17.1 Å². The molecule has 1 rings (SSSR count). The highest BCUT2D eigenvalue weighted by Crippen LogP contribution is 2.14. The molecule has 0 N–H and O–H groups in total. The van der Waals surface area contributed by atoms with E-state index >= 15 is 0 Å². The van der Waals surface area contributed by atoms with Crippen LogP contribution in [0.4, 0.5) is 0 Å². The first-order valence-electron chi connectivity index (χ1n) is 3.97. The summed E-state index contributed by atoms with van der Waals surface area (Å²) in [6.45, 7) is 3.74. The average Bonchev–Trinajstić information content (AvgIpc) is 2.44. The third-order valence-electron chi connectivity index (χ3n) is 1.72. The Morgan fingerprint density at radius 2 is 2.36 bits per heavy atom. The summed E-state index contributed by atoms with van der Waals surface area (Å²) >= 11 is 0. The lowest BCUT2D eigenvalue weighted by Gasteiger charge is -1.83. The van der Waals surface area contributed by atoms with E-state index in [-0.39, 0.29) is 0 Å². The summed E-state index contributed by atoms with van der Waals surface area (Å²) in [6, 6.07) is 1.80. The van der Waals surface area contributed by atoms with Gasteiger partial charge in [0.25, 0.3) is 0 Å². The summed E-state index contributed by atoms with van der Waals surface area (Å²) in [7, 11) is 0. The predicted octanol–water partition coefficient (Wildman–Crippen LogP) is 2.75. The van der Waals surface area contributed by atoms with Crippen LogP contribution in [0, 0.1) is 13.8 Å². The molecule has 1 aromatic heterocycles. The molecule has 0 radical (unpaired) electrons. The number of furan rings is 1. The van der Waals surface area contributed by atoms with Crippen LogP contribution in [0.2, 0.25) is 0 Å². The van der Waals surface area contributed by atoms with Crippen LogP contribution in [-0.4, -0.2) is 5.91 Å². The van der Waals surface area contributed by atoms with Gasteiger partial charge in [-0.05, 0) is 48.3 Å². The molecular weight excluding hydrogens is 182 g/mol. The van der Waals surface area contributed by atoms with Crippen molar-refractivity contribution in [3.63, 3.8) is 0 Å². The lowest BCUT2D eigenvalue weighted by atomic mass is 10.3. The van der Waals surface area contributed by atoms with E-state index < -0.39 is 5.91 Å². The van der Waals surface area contributed by atoms with Gasteiger partial charge in [0.1, 0.15) is 11.5 Å². The minimum Gasteiger partial charge on any atom is -0.462 e. The molecule has 5 nitrogen and oxygen atoms in total. The van der Waals surface area contributed by atoms with Gasteiger partial charge in [-0.2, -0.15) is 0 Å². The quantitative estimate of drug-likeness (QED) is 0.312. The molecule has 14 heavy (non-hydrogen) atoms. The van der Waals surface area contributed by atoms with Crippen molar-refractivity contribution >= 4 is 12.0 Å². The Hall–Kier alpha value is -2.00. The molecule has 0 aromatic carbocycles. The molecule has 1 heterocycles. The molecular formula is C9H9N3O2. The number of hydrogen-bond acceptors (Lipinski definition) is 2.